The van der Waals surface area contributed by atoms with Gasteiger partial charge in [-0.3, -0.25) is 4.79 Å². The molecule has 0 aliphatic rings. The second kappa shape index (κ2) is 8.03. The Bertz CT molecular complexity index is 460. The zero-order valence-corrected chi connectivity index (χ0v) is 13.8. The Labute approximate surface area is 128 Å². The molecule has 0 aliphatic heterocycles. The highest BCUT2D eigenvalue weighted by atomic mass is 16.5. The van der Waals surface area contributed by atoms with Crippen LogP contribution in [0, 0.1) is 5.92 Å². The van der Waals surface area contributed by atoms with Gasteiger partial charge < -0.3 is 15.4 Å². The van der Waals surface area contributed by atoms with E-state index in [4.69, 9.17) is 10.5 Å². The summed E-state index contributed by atoms with van der Waals surface area (Å²) in [6.45, 7) is 6.18. The molecule has 0 saturated carbocycles. The SMILES string of the molecule is COc1ccccc1CC(C)N(C)C(=O)[C@H](N)CC(C)C. The first-order valence-corrected chi connectivity index (χ1v) is 7.51. The Morgan fingerprint density at radius 2 is 1.90 bits per heavy atom. The minimum atomic E-state index is -0.421. The summed E-state index contributed by atoms with van der Waals surface area (Å²) >= 11 is 0. The van der Waals surface area contributed by atoms with E-state index >= 15 is 0 Å². The highest BCUT2D eigenvalue weighted by Crippen LogP contribution is 2.20. The fourth-order valence-electron chi connectivity index (χ4n) is 2.41. The number of benzene rings is 1. The lowest BCUT2D eigenvalue weighted by molar-refractivity contribution is -0.133. The van der Waals surface area contributed by atoms with E-state index in [-0.39, 0.29) is 11.9 Å². The van der Waals surface area contributed by atoms with Crippen LogP contribution in [-0.2, 0) is 11.2 Å². The predicted octanol–water partition coefficient (Wildman–Crippen LogP) is 2.46. The first-order valence-electron chi connectivity index (χ1n) is 7.51. The van der Waals surface area contributed by atoms with Gasteiger partial charge in [-0.1, -0.05) is 32.0 Å². The van der Waals surface area contributed by atoms with E-state index in [0.29, 0.717) is 12.3 Å². The van der Waals surface area contributed by atoms with Crippen molar-refractivity contribution in [1.29, 1.82) is 0 Å². The molecule has 4 heteroatoms. The van der Waals surface area contributed by atoms with Gasteiger partial charge >= 0.3 is 0 Å². The van der Waals surface area contributed by atoms with E-state index in [1.807, 2.05) is 38.2 Å². The van der Waals surface area contributed by atoms with Crippen molar-refractivity contribution in [3.05, 3.63) is 29.8 Å². The molecule has 1 aromatic rings. The zero-order chi connectivity index (χ0) is 16.0. The number of nitrogens with zero attached hydrogens (tertiary/aromatic N) is 1. The van der Waals surface area contributed by atoms with Crippen molar-refractivity contribution in [2.24, 2.45) is 11.7 Å². The van der Waals surface area contributed by atoms with E-state index in [1.54, 1.807) is 12.0 Å². The molecule has 2 N–H and O–H groups in total. The fourth-order valence-corrected chi connectivity index (χ4v) is 2.41. The van der Waals surface area contributed by atoms with Crippen LogP contribution in [-0.4, -0.2) is 37.0 Å². The van der Waals surface area contributed by atoms with Crippen LogP contribution < -0.4 is 10.5 Å². The molecule has 0 spiro atoms. The van der Waals surface area contributed by atoms with Crippen LogP contribution >= 0.6 is 0 Å². The van der Waals surface area contributed by atoms with E-state index in [9.17, 15) is 4.79 Å². The molecule has 4 nitrogen and oxygen atoms in total. The predicted molar refractivity (Wildman–Crippen MR) is 86.4 cm³/mol. The number of para-hydroxylation sites is 1. The lowest BCUT2D eigenvalue weighted by atomic mass is 10.0. The van der Waals surface area contributed by atoms with Crippen molar-refractivity contribution >= 4 is 5.91 Å². The molecule has 1 unspecified atom stereocenters. The van der Waals surface area contributed by atoms with Gasteiger partial charge in [0.1, 0.15) is 5.75 Å². The maximum Gasteiger partial charge on any atom is 0.239 e. The summed E-state index contributed by atoms with van der Waals surface area (Å²) in [7, 11) is 3.49. The Morgan fingerprint density at radius 3 is 2.48 bits per heavy atom. The summed E-state index contributed by atoms with van der Waals surface area (Å²) in [5.41, 5.74) is 7.09. The molecule has 0 heterocycles. The molecular formula is C17H28N2O2. The lowest BCUT2D eigenvalue weighted by Crippen LogP contribution is -2.46. The molecule has 2 atom stereocenters. The first-order chi connectivity index (χ1) is 9.86. The number of amides is 1. The number of carbonyl (C=O) groups excluding carboxylic acids is 1. The molecule has 0 fully saturated rings. The Morgan fingerprint density at radius 1 is 1.29 bits per heavy atom. The summed E-state index contributed by atoms with van der Waals surface area (Å²) in [4.78, 5) is 14.1. The van der Waals surface area contributed by atoms with Gasteiger partial charge in [-0.25, -0.2) is 0 Å². The highest BCUT2D eigenvalue weighted by Gasteiger charge is 2.23. The third-order valence-electron chi connectivity index (χ3n) is 3.76. The van der Waals surface area contributed by atoms with Crippen molar-refractivity contribution in [2.75, 3.05) is 14.2 Å². The van der Waals surface area contributed by atoms with Crippen LogP contribution in [0.15, 0.2) is 24.3 Å². The number of methoxy groups -OCH3 is 1. The molecule has 0 radical (unpaired) electrons. The summed E-state index contributed by atoms with van der Waals surface area (Å²) in [5.74, 6) is 1.28. The van der Waals surface area contributed by atoms with Crippen LogP contribution in [0.1, 0.15) is 32.8 Å². The molecule has 0 aliphatic carbocycles. The number of ether oxygens (including phenoxy) is 1. The summed E-state index contributed by atoms with van der Waals surface area (Å²) < 4.78 is 5.36. The molecule has 1 rings (SSSR count). The highest BCUT2D eigenvalue weighted by molar-refractivity contribution is 5.81. The third-order valence-corrected chi connectivity index (χ3v) is 3.76. The maximum atomic E-state index is 12.3. The standard InChI is InChI=1S/C17H28N2O2/c1-12(2)10-15(18)17(20)19(4)13(3)11-14-8-6-7-9-16(14)21-5/h6-9,12-13,15H,10-11,18H2,1-5H3/t13?,15-/m1/s1. The van der Waals surface area contributed by atoms with Crippen molar-refractivity contribution in [3.63, 3.8) is 0 Å². The molecule has 0 aromatic heterocycles. The molecule has 0 bridgehead atoms. The van der Waals surface area contributed by atoms with Crippen LogP contribution in [0.5, 0.6) is 5.75 Å². The topological polar surface area (TPSA) is 55.6 Å². The van der Waals surface area contributed by atoms with Gasteiger partial charge in [0.05, 0.1) is 13.2 Å². The van der Waals surface area contributed by atoms with Crippen LogP contribution in [0.3, 0.4) is 0 Å². The normalized spacial score (nSPS) is 13.9. The average molecular weight is 292 g/mol. The Balaban J connectivity index is 2.70. The van der Waals surface area contributed by atoms with Gasteiger partial charge in [-0.15, -0.1) is 0 Å². The molecular weight excluding hydrogens is 264 g/mol. The number of nitrogens with two attached hydrogens (primary N) is 1. The smallest absolute Gasteiger partial charge is 0.239 e. The van der Waals surface area contributed by atoms with E-state index < -0.39 is 6.04 Å². The van der Waals surface area contributed by atoms with Crippen LogP contribution in [0.2, 0.25) is 0 Å². The van der Waals surface area contributed by atoms with Crippen molar-refractivity contribution in [2.45, 2.75) is 45.7 Å². The molecule has 1 amide bonds. The van der Waals surface area contributed by atoms with Crippen LogP contribution in [0.4, 0.5) is 0 Å². The minimum Gasteiger partial charge on any atom is -0.496 e. The molecule has 1 aromatic carbocycles. The third kappa shape index (κ3) is 5.05. The van der Waals surface area contributed by atoms with E-state index in [2.05, 4.69) is 13.8 Å². The van der Waals surface area contributed by atoms with Crippen molar-refractivity contribution in [3.8, 4) is 5.75 Å². The quantitative estimate of drug-likeness (QED) is 0.840. The monoisotopic (exact) mass is 292 g/mol. The van der Waals surface area contributed by atoms with Gasteiger partial charge in [-0.2, -0.15) is 0 Å². The number of likely N-dealkylation sites (N-methyl/N-ethyl adjacent to an activating group) is 1. The first kappa shape index (κ1) is 17.5. The van der Waals surface area contributed by atoms with Gasteiger partial charge in [0.25, 0.3) is 0 Å². The molecule has 0 saturated heterocycles. The average Bonchev–Trinajstić information content (AvgIpc) is 2.45. The number of rotatable bonds is 7. The largest absolute Gasteiger partial charge is 0.496 e. The number of hydrogen-bond donors (Lipinski definition) is 1. The molecule has 21 heavy (non-hydrogen) atoms. The maximum absolute atomic E-state index is 12.3. The second-order valence-corrected chi connectivity index (χ2v) is 6.05. The fraction of sp³-hybridized carbons (Fsp3) is 0.588. The minimum absolute atomic E-state index is 0.00565. The van der Waals surface area contributed by atoms with Gasteiger partial charge in [-0.05, 0) is 37.3 Å². The summed E-state index contributed by atoms with van der Waals surface area (Å²) in [5, 5.41) is 0. The van der Waals surface area contributed by atoms with Gasteiger partial charge in [0.15, 0.2) is 0 Å². The number of hydrogen-bond acceptors (Lipinski definition) is 3. The zero-order valence-electron chi connectivity index (χ0n) is 13.8. The second-order valence-electron chi connectivity index (χ2n) is 6.05. The Kier molecular flexibility index (Phi) is 6.69. The summed E-state index contributed by atoms with van der Waals surface area (Å²) in [6, 6.07) is 7.55. The van der Waals surface area contributed by atoms with E-state index in [1.165, 1.54) is 0 Å². The number of carbonyl (C=O) groups is 1. The van der Waals surface area contributed by atoms with Crippen molar-refractivity contribution < 1.29 is 9.53 Å². The summed E-state index contributed by atoms with van der Waals surface area (Å²) in [6.07, 6.45) is 1.46. The van der Waals surface area contributed by atoms with Gasteiger partial charge in [0.2, 0.25) is 5.91 Å². The van der Waals surface area contributed by atoms with Gasteiger partial charge in [0, 0.05) is 13.1 Å². The Hall–Kier alpha value is -1.55. The lowest BCUT2D eigenvalue weighted by Gasteiger charge is -2.28. The van der Waals surface area contributed by atoms with E-state index in [0.717, 1.165) is 17.7 Å². The van der Waals surface area contributed by atoms with Crippen molar-refractivity contribution in [1.82, 2.24) is 4.90 Å². The van der Waals surface area contributed by atoms with Crippen LogP contribution in [0.25, 0.3) is 0 Å². The molecule has 118 valence electrons.